The van der Waals surface area contributed by atoms with E-state index >= 15 is 0 Å². The lowest BCUT2D eigenvalue weighted by Gasteiger charge is -2.22. The molecule has 0 aromatic heterocycles. The number of benzene rings is 3. The van der Waals surface area contributed by atoms with E-state index in [1.807, 2.05) is 6.07 Å². The minimum absolute atomic E-state index is 0.0467. The quantitative estimate of drug-likeness (QED) is 0.608. The van der Waals surface area contributed by atoms with E-state index in [4.69, 9.17) is 0 Å². The van der Waals surface area contributed by atoms with Gasteiger partial charge in [0.15, 0.2) is 0 Å². The number of aryl methyl sites for hydroxylation is 1. The molecule has 0 fully saturated rings. The fourth-order valence-corrected chi connectivity index (χ4v) is 3.74. The molecular weight excluding hydrogens is 278 g/mol. The Balaban J connectivity index is 1.82. The number of fused-ring (bicyclic) bond motifs is 3. The van der Waals surface area contributed by atoms with Crippen LogP contribution in [-0.4, -0.2) is 0 Å². The number of anilines is 2. The lowest BCUT2D eigenvalue weighted by atomic mass is 9.82. The molecule has 0 unspecified atom stereocenters. The van der Waals surface area contributed by atoms with Gasteiger partial charge in [0.05, 0.1) is 0 Å². The van der Waals surface area contributed by atoms with Crippen molar-refractivity contribution in [2.75, 3.05) is 5.32 Å². The second kappa shape index (κ2) is 4.99. The van der Waals surface area contributed by atoms with Crippen LogP contribution < -0.4 is 5.32 Å². The predicted octanol–water partition coefficient (Wildman–Crippen LogP) is 6.04. The SMILES string of the molecule is Cc1cccc2c1-c1ccc(Nc3ccccc3)cc1C2(C)C. The maximum Gasteiger partial charge on any atom is 0.0387 e. The summed E-state index contributed by atoms with van der Waals surface area (Å²) in [6.07, 6.45) is 0. The van der Waals surface area contributed by atoms with Crippen molar-refractivity contribution >= 4 is 11.4 Å². The first kappa shape index (κ1) is 14.1. The van der Waals surface area contributed by atoms with Gasteiger partial charge in [-0.25, -0.2) is 0 Å². The van der Waals surface area contributed by atoms with Gasteiger partial charge in [-0.05, 0) is 59.0 Å². The average Bonchev–Trinajstić information content (AvgIpc) is 2.78. The molecule has 23 heavy (non-hydrogen) atoms. The van der Waals surface area contributed by atoms with Crippen LogP contribution in [0.5, 0.6) is 0 Å². The van der Waals surface area contributed by atoms with Gasteiger partial charge in [-0.1, -0.05) is 56.3 Å². The number of hydrogen-bond acceptors (Lipinski definition) is 1. The van der Waals surface area contributed by atoms with Gasteiger partial charge in [0.1, 0.15) is 0 Å². The van der Waals surface area contributed by atoms with Gasteiger partial charge in [0, 0.05) is 16.8 Å². The molecule has 1 N–H and O–H groups in total. The summed E-state index contributed by atoms with van der Waals surface area (Å²) in [6, 6.07) is 23.7. The van der Waals surface area contributed by atoms with Crippen LogP contribution in [0.25, 0.3) is 11.1 Å². The zero-order chi connectivity index (χ0) is 16.0. The Kier molecular flexibility index (Phi) is 3.05. The average molecular weight is 299 g/mol. The highest BCUT2D eigenvalue weighted by atomic mass is 14.9. The third-order valence-corrected chi connectivity index (χ3v) is 4.97. The maximum absolute atomic E-state index is 3.51. The molecule has 0 aliphatic heterocycles. The van der Waals surface area contributed by atoms with Crippen LogP contribution in [0.2, 0.25) is 0 Å². The second-order valence-electron chi connectivity index (χ2n) is 6.87. The van der Waals surface area contributed by atoms with Gasteiger partial charge < -0.3 is 5.32 Å². The molecule has 0 amide bonds. The molecule has 0 spiro atoms. The summed E-state index contributed by atoms with van der Waals surface area (Å²) in [5.74, 6) is 0. The molecule has 3 aromatic carbocycles. The van der Waals surface area contributed by atoms with Gasteiger partial charge >= 0.3 is 0 Å². The molecule has 114 valence electrons. The minimum atomic E-state index is 0.0467. The van der Waals surface area contributed by atoms with E-state index in [9.17, 15) is 0 Å². The third kappa shape index (κ3) is 2.16. The second-order valence-corrected chi connectivity index (χ2v) is 6.87. The summed E-state index contributed by atoms with van der Waals surface area (Å²) in [7, 11) is 0. The van der Waals surface area contributed by atoms with Crippen LogP contribution in [-0.2, 0) is 5.41 Å². The van der Waals surface area contributed by atoms with E-state index in [0.29, 0.717) is 0 Å². The first-order valence-electron chi connectivity index (χ1n) is 8.14. The normalized spacial score (nSPS) is 14.2. The molecule has 1 aliphatic rings. The van der Waals surface area contributed by atoms with Crippen LogP contribution in [0.4, 0.5) is 11.4 Å². The van der Waals surface area contributed by atoms with Crippen molar-refractivity contribution in [2.24, 2.45) is 0 Å². The Morgan fingerprint density at radius 2 is 1.52 bits per heavy atom. The van der Waals surface area contributed by atoms with E-state index in [2.05, 4.69) is 86.8 Å². The Hall–Kier alpha value is -2.54. The van der Waals surface area contributed by atoms with Gasteiger partial charge in [0.2, 0.25) is 0 Å². The number of para-hydroxylation sites is 1. The van der Waals surface area contributed by atoms with Crippen LogP contribution >= 0.6 is 0 Å². The first-order valence-corrected chi connectivity index (χ1v) is 8.14. The Bertz CT molecular complexity index is 876. The van der Waals surface area contributed by atoms with Crippen molar-refractivity contribution in [2.45, 2.75) is 26.2 Å². The van der Waals surface area contributed by atoms with Crippen LogP contribution in [0.1, 0.15) is 30.5 Å². The summed E-state index contributed by atoms with van der Waals surface area (Å²) in [4.78, 5) is 0. The van der Waals surface area contributed by atoms with Gasteiger partial charge in [-0.2, -0.15) is 0 Å². The minimum Gasteiger partial charge on any atom is -0.356 e. The lowest BCUT2D eigenvalue weighted by Crippen LogP contribution is -2.15. The smallest absolute Gasteiger partial charge is 0.0387 e. The van der Waals surface area contributed by atoms with E-state index in [1.165, 1.54) is 27.8 Å². The molecule has 3 aromatic rings. The molecule has 0 bridgehead atoms. The largest absolute Gasteiger partial charge is 0.356 e. The molecule has 1 nitrogen and oxygen atoms in total. The highest BCUT2D eigenvalue weighted by Crippen LogP contribution is 2.50. The van der Waals surface area contributed by atoms with E-state index in [-0.39, 0.29) is 5.41 Å². The zero-order valence-electron chi connectivity index (χ0n) is 13.9. The van der Waals surface area contributed by atoms with E-state index in [0.717, 1.165) is 11.4 Å². The molecule has 1 aliphatic carbocycles. The van der Waals surface area contributed by atoms with Crippen molar-refractivity contribution in [3.8, 4) is 11.1 Å². The molecular formula is C22H21N. The third-order valence-electron chi connectivity index (χ3n) is 4.97. The summed E-state index contributed by atoms with van der Waals surface area (Å²) in [6.45, 7) is 6.85. The van der Waals surface area contributed by atoms with Crippen LogP contribution in [0.15, 0.2) is 66.7 Å². The summed E-state index contributed by atoms with van der Waals surface area (Å²) in [5.41, 5.74) is 9.31. The van der Waals surface area contributed by atoms with Crippen LogP contribution in [0.3, 0.4) is 0 Å². The number of rotatable bonds is 2. The van der Waals surface area contributed by atoms with Crippen molar-refractivity contribution < 1.29 is 0 Å². The topological polar surface area (TPSA) is 12.0 Å². The van der Waals surface area contributed by atoms with Gasteiger partial charge in [0.25, 0.3) is 0 Å². The lowest BCUT2D eigenvalue weighted by molar-refractivity contribution is 0.660. The zero-order valence-corrected chi connectivity index (χ0v) is 13.9. The molecule has 4 rings (SSSR count). The van der Waals surface area contributed by atoms with Crippen molar-refractivity contribution in [1.29, 1.82) is 0 Å². The Morgan fingerprint density at radius 1 is 0.739 bits per heavy atom. The molecule has 1 heteroatoms. The standard InChI is InChI=1S/C22H21N/c1-15-8-7-11-19-21(15)18-13-12-17(14-20(18)22(19,2)3)23-16-9-5-4-6-10-16/h4-14,23H,1-3H3. The molecule has 0 atom stereocenters. The summed E-state index contributed by atoms with van der Waals surface area (Å²) in [5, 5.41) is 3.51. The highest BCUT2D eigenvalue weighted by Gasteiger charge is 2.36. The van der Waals surface area contributed by atoms with Crippen LogP contribution in [0, 0.1) is 6.92 Å². The Morgan fingerprint density at radius 3 is 2.30 bits per heavy atom. The first-order chi connectivity index (χ1) is 11.1. The van der Waals surface area contributed by atoms with Gasteiger partial charge in [-0.3, -0.25) is 0 Å². The monoisotopic (exact) mass is 299 g/mol. The summed E-state index contributed by atoms with van der Waals surface area (Å²) < 4.78 is 0. The summed E-state index contributed by atoms with van der Waals surface area (Å²) >= 11 is 0. The molecule has 0 radical (unpaired) electrons. The van der Waals surface area contributed by atoms with Crippen molar-refractivity contribution in [1.82, 2.24) is 0 Å². The van der Waals surface area contributed by atoms with E-state index in [1.54, 1.807) is 0 Å². The number of hydrogen-bond donors (Lipinski definition) is 1. The fourth-order valence-electron chi connectivity index (χ4n) is 3.74. The highest BCUT2D eigenvalue weighted by molar-refractivity contribution is 5.84. The van der Waals surface area contributed by atoms with E-state index < -0.39 is 0 Å². The molecule has 0 heterocycles. The predicted molar refractivity (Wildman–Crippen MR) is 98.5 cm³/mol. The van der Waals surface area contributed by atoms with Crippen molar-refractivity contribution in [3.63, 3.8) is 0 Å². The Labute approximate surface area is 138 Å². The van der Waals surface area contributed by atoms with Gasteiger partial charge in [-0.15, -0.1) is 0 Å². The molecule has 0 saturated heterocycles. The van der Waals surface area contributed by atoms with Crippen molar-refractivity contribution in [3.05, 3.63) is 83.4 Å². The maximum atomic E-state index is 3.51. The fraction of sp³-hybridized carbons (Fsp3) is 0.182. The number of nitrogens with one attached hydrogen (secondary N) is 1. The molecule has 0 saturated carbocycles.